The van der Waals surface area contributed by atoms with Crippen molar-refractivity contribution in [2.24, 2.45) is 0 Å². The van der Waals surface area contributed by atoms with Crippen molar-refractivity contribution in [2.45, 2.75) is 38.9 Å². The van der Waals surface area contributed by atoms with Gasteiger partial charge in [0, 0.05) is 47.2 Å². The van der Waals surface area contributed by atoms with Crippen LogP contribution < -0.4 is 10.4 Å². The number of hydrogen-bond acceptors (Lipinski definition) is 5. The minimum Gasteiger partial charge on any atom is -0.399 e. The average molecular weight is 317 g/mol. The lowest BCUT2D eigenvalue weighted by Gasteiger charge is -2.34. The summed E-state index contributed by atoms with van der Waals surface area (Å²) in [5.41, 5.74) is -3.30. The molecular formula is C16H26BN3O2. The molecule has 0 aromatic carbocycles. The quantitative estimate of drug-likeness (QED) is 0.765. The molecule has 0 bridgehead atoms. The summed E-state index contributed by atoms with van der Waals surface area (Å²) in [6.07, 6.45) is -1.69. The van der Waals surface area contributed by atoms with E-state index in [2.05, 4.69) is 4.98 Å². The molecule has 1 aromatic rings. The zero-order chi connectivity index (χ0) is 28.2. The van der Waals surface area contributed by atoms with Gasteiger partial charge in [-0.3, -0.25) is 4.98 Å². The van der Waals surface area contributed by atoms with Gasteiger partial charge in [0.1, 0.15) is 0 Å². The van der Waals surface area contributed by atoms with E-state index in [9.17, 15) is 0 Å². The van der Waals surface area contributed by atoms with Crippen LogP contribution in [0.5, 0.6) is 0 Å². The van der Waals surface area contributed by atoms with E-state index in [-0.39, 0.29) is 4.90 Å². The van der Waals surface area contributed by atoms with Crippen molar-refractivity contribution in [2.75, 3.05) is 37.9 Å². The van der Waals surface area contributed by atoms with Gasteiger partial charge in [-0.05, 0) is 40.7 Å². The fourth-order valence-electron chi connectivity index (χ4n) is 1.87. The summed E-state index contributed by atoms with van der Waals surface area (Å²) >= 11 is 0. The van der Waals surface area contributed by atoms with Crippen LogP contribution in [0.3, 0.4) is 0 Å². The average Bonchev–Trinajstić information content (AvgIpc) is 2.81. The molecule has 2 fully saturated rings. The summed E-state index contributed by atoms with van der Waals surface area (Å²) in [5, 5.41) is 0. The van der Waals surface area contributed by atoms with Crippen LogP contribution in [0.4, 0.5) is 5.69 Å². The highest BCUT2D eigenvalue weighted by Crippen LogP contribution is 2.36. The van der Waals surface area contributed by atoms with Crippen molar-refractivity contribution in [3.8, 4) is 0 Å². The molecule has 120 valence electrons. The van der Waals surface area contributed by atoms with Gasteiger partial charge in [0.2, 0.25) is 0 Å². The molecule has 0 atom stereocenters. The molecule has 1 aromatic heterocycles. The molecule has 0 N–H and O–H groups in total. The largest absolute Gasteiger partial charge is 0.496 e. The van der Waals surface area contributed by atoms with E-state index in [0.717, 1.165) is 0 Å². The van der Waals surface area contributed by atoms with Crippen molar-refractivity contribution in [3.63, 3.8) is 0 Å². The van der Waals surface area contributed by atoms with Crippen molar-refractivity contribution in [1.82, 2.24) is 9.88 Å². The molecule has 2 aliphatic rings. The minimum atomic E-state index is -3.70. The van der Waals surface area contributed by atoms with Crippen LogP contribution in [-0.4, -0.2) is 61.2 Å². The van der Waals surface area contributed by atoms with Crippen LogP contribution >= 0.6 is 0 Å². The Morgan fingerprint density at radius 1 is 1.18 bits per heavy atom. The molecule has 2 saturated heterocycles. The molecule has 0 spiro atoms. The van der Waals surface area contributed by atoms with Gasteiger partial charge in [-0.2, -0.15) is 0 Å². The van der Waals surface area contributed by atoms with Crippen LogP contribution in [0.1, 0.15) is 46.9 Å². The SMILES string of the molecule is [2H]c1nc([2H])c(N2C([2H])([2H])C([2H])([2H])N(C([2H])([2H])[2H])C([2H])([2H])C2([2H])[2H])c([2H])c1B1OC(C)(C)C(C)(C)O1. The van der Waals surface area contributed by atoms with E-state index in [1.165, 1.54) is 0 Å². The smallest absolute Gasteiger partial charge is 0.399 e. The number of nitrogens with zero attached hydrogens (tertiary/aromatic N) is 3. The van der Waals surface area contributed by atoms with Crippen molar-refractivity contribution >= 4 is 18.3 Å². The Morgan fingerprint density at radius 3 is 2.41 bits per heavy atom. The predicted molar refractivity (Wildman–Crippen MR) is 89.7 cm³/mol. The van der Waals surface area contributed by atoms with E-state index in [0.29, 0.717) is 0 Å². The molecular weight excluding hydrogens is 277 g/mol. The van der Waals surface area contributed by atoms with Crippen molar-refractivity contribution < 1.29 is 28.5 Å². The van der Waals surface area contributed by atoms with Gasteiger partial charge in [-0.25, -0.2) is 0 Å². The fourth-order valence-corrected chi connectivity index (χ4v) is 1.87. The second-order valence-electron chi connectivity index (χ2n) is 5.93. The Hall–Kier alpha value is -1.11. The minimum absolute atomic E-state index is 0.117. The van der Waals surface area contributed by atoms with E-state index in [1.807, 2.05) is 0 Å². The summed E-state index contributed by atoms with van der Waals surface area (Å²) in [5.74, 6) is 0. The summed E-state index contributed by atoms with van der Waals surface area (Å²) in [6, 6.07) is -0.875. The Bertz CT molecular complexity index is 1030. The van der Waals surface area contributed by atoms with Gasteiger partial charge < -0.3 is 19.1 Å². The van der Waals surface area contributed by atoms with E-state index >= 15 is 0 Å². The monoisotopic (exact) mass is 317 g/mol. The Labute approximate surface area is 153 Å². The summed E-state index contributed by atoms with van der Waals surface area (Å²) < 4.78 is 126. The third kappa shape index (κ3) is 2.87. The molecule has 6 heteroatoms. The third-order valence-electron chi connectivity index (χ3n) is 3.85. The first kappa shape index (κ1) is 6.08. The number of aromatic nitrogens is 1. The molecule has 0 saturated carbocycles. The Balaban J connectivity index is 2.33. The molecule has 5 nitrogen and oxygen atoms in total. The number of anilines is 1. The zero-order valence-electron chi connectivity index (χ0n) is 26.7. The second kappa shape index (κ2) is 5.51. The van der Waals surface area contributed by atoms with Crippen LogP contribution in [0.2, 0.25) is 0 Å². The van der Waals surface area contributed by atoms with Gasteiger partial charge in [0.15, 0.2) is 0 Å². The predicted octanol–water partition coefficient (Wildman–Crippen LogP) is 1.13. The van der Waals surface area contributed by atoms with Gasteiger partial charge in [-0.15, -0.1) is 0 Å². The standard InChI is InChI=1S/C16H26BN3O2/c1-15(2)16(3,4)22-17(21-15)13-10-14(12-18-11-13)20-8-6-19(5)7-9-20/h10-12H,6-9H2,1-5H3/i5D3,6D2,7D2,8D2,9D2,10D,11D,12D. The van der Waals surface area contributed by atoms with Gasteiger partial charge >= 0.3 is 7.12 Å². The molecule has 2 aliphatic heterocycles. The first-order chi connectivity index (χ1) is 15.8. The van der Waals surface area contributed by atoms with Crippen LogP contribution in [0.25, 0.3) is 0 Å². The third-order valence-corrected chi connectivity index (χ3v) is 3.85. The van der Waals surface area contributed by atoms with Crippen LogP contribution in [0, 0.1) is 0 Å². The fraction of sp³-hybridized carbons (Fsp3) is 0.688. The lowest BCUT2D eigenvalue weighted by Crippen LogP contribution is -2.45. The summed E-state index contributed by atoms with van der Waals surface area (Å²) in [6.45, 7) is -11.6. The van der Waals surface area contributed by atoms with E-state index in [4.69, 9.17) is 28.5 Å². The van der Waals surface area contributed by atoms with Gasteiger partial charge in [0.05, 0.1) is 32.7 Å². The van der Waals surface area contributed by atoms with E-state index in [1.54, 1.807) is 27.7 Å². The lowest BCUT2D eigenvalue weighted by atomic mass is 9.80. The Morgan fingerprint density at radius 2 is 1.82 bits per heavy atom. The van der Waals surface area contributed by atoms with Gasteiger partial charge in [0.25, 0.3) is 0 Å². The number of piperazine rings is 1. The Kier molecular flexibility index (Phi) is 1.52. The topological polar surface area (TPSA) is 37.8 Å². The maximum Gasteiger partial charge on any atom is 0.496 e. The zero-order valence-corrected chi connectivity index (χ0v) is 12.7. The normalized spacial score (nSPS) is 43.8. The summed E-state index contributed by atoms with van der Waals surface area (Å²) in [7, 11) is -1.42. The molecule has 0 unspecified atom stereocenters. The van der Waals surface area contributed by atoms with Gasteiger partial charge in [-0.1, -0.05) is 0 Å². The summed E-state index contributed by atoms with van der Waals surface area (Å²) in [4.78, 5) is 3.03. The highest BCUT2D eigenvalue weighted by Gasteiger charge is 2.51. The van der Waals surface area contributed by atoms with E-state index < -0.39 is 85.7 Å². The molecule has 3 heterocycles. The highest BCUT2D eigenvalue weighted by molar-refractivity contribution is 6.62. The van der Waals surface area contributed by atoms with Crippen molar-refractivity contribution in [1.29, 1.82) is 0 Å². The van der Waals surface area contributed by atoms with Crippen molar-refractivity contribution in [3.05, 3.63) is 18.4 Å². The lowest BCUT2D eigenvalue weighted by molar-refractivity contribution is 0.00578. The first-order valence-electron chi connectivity index (χ1n) is 13.7. The number of rotatable bonds is 2. The molecule has 0 radical (unpaired) electrons. The number of likely N-dealkylation sites (N-methyl/N-ethyl adjacent to an activating group) is 1. The first-order valence-corrected chi connectivity index (χ1v) is 6.71. The number of hydrogen-bond donors (Lipinski definition) is 0. The highest BCUT2D eigenvalue weighted by atomic mass is 16.7. The van der Waals surface area contributed by atoms with Crippen LogP contribution in [0.15, 0.2) is 18.4 Å². The maximum atomic E-state index is 8.69. The molecule has 0 aliphatic carbocycles. The molecule has 0 amide bonds. The van der Waals surface area contributed by atoms with Crippen LogP contribution in [-0.2, 0) is 9.31 Å². The second-order valence-corrected chi connectivity index (χ2v) is 5.93. The molecule has 3 rings (SSSR count). The maximum absolute atomic E-state index is 8.69. The number of pyridine rings is 1. The molecule has 22 heavy (non-hydrogen) atoms.